The Morgan fingerprint density at radius 3 is 2.61 bits per heavy atom. The van der Waals surface area contributed by atoms with E-state index in [4.69, 9.17) is 21.1 Å². The highest BCUT2D eigenvalue weighted by molar-refractivity contribution is 9.10. The van der Waals surface area contributed by atoms with Gasteiger partial charge >= 0.3 is 0 Å². The van der Waals surface area contributed by atoms with Gasteiger partial charge in [0.1, 0.15) is 18.1 Å². The lowest BCUT2D eigenvalue weighted by atomic mass is 10.1. The molecule has 0 saturated heterocycles. The van der Waals surface area contributed by atoms with Crippen LogP contribution in [0, 0.1) is 0 Å². The van der Waals surface area contributed by atoms with Gasteiger partial charge in [0.2, 0.25) is 0 Å². The van der Waals surface area contributed by atoms with Gasteiger partial charge in [-0.1, -0.05) is 39.7 Å². The number of amides is 1. The van der Waals surface area contributed by atoms with E-state index in [1.165, 1.54) is 0 Å². The second-order valence-electron chi connectivity index (χ2n) is 5.97. The Bertz CT molecular complexity index is 978. The van der Waals surface area contributed by atoms with Crippen molar-refractivity contribution < 1.29 is 14.3 Å². The molecule has 0 bridgehead atoms. The lowest BCUT2D eigenvalue weighted by Crippen LogP contribution is -2.13. The molecule has 0 unspecified atom stereocenters. The van der Waals surface area contributed by atoms with Gasteiger partial charge in [-0.25, -0.2) is 0 Å². The van der Waals surface area contributed by atoms with Crippen LogP contribution in [0.15, 0.2) is 71.2 Å². The second kappa shape index (κ2) is 9.62. The molecule has 28 heavy (non-hydrogen) atoms. The molecule has 1 amide bonds. The Labute approximate surface area is 177 Å². The molecule has 3 aromatic rings. The van der Waals surface area contributed by atoms with E-state index in [2.05, 4.69) is 21.2 Å². The SMILES string of the molecule is CCOc1ccc(C(=O)Nc2cccc(Br)c2)cc1COc1cccc(Cl)c1. The zero-order valence-electron chi connectivity index (χ0n) is 15.2. The zero-order chi connectivity index (χ0) is 19.9. The van der Waals surface area contributed by atoms with E-state index >= 15 is 0 Å². The largest absolute Gasteiger partial charge is 0.493 e. The molecule has 0 aliphatic heterocycles. The van der Waals surface area contributed by atoms with Crippen LogP contribution in [0.4, 0.5) is 5.69 Å². The first-order chi connectivity index (χ1) is 13.5. The van der Waals surface area contributed by atoms with Crippen LogP contribution in [0.2, 0.25) is 5.02 Å². The summed E-state index contributed by atoms with van der Waals surface area (Å²) in [6.45, 7) is 2.69. The molecule has 144 valence electrons. The number of hydrogen-bond acceptors (Lipinski definition) is 3. The Kier molecular flexibility index (Phi) is 6.95. The molecular formula is C22H19BrClNO3. The average Bonchev–Trinajstić information content (AvgIpc) is 2.67. The maximum absolute atomic E-state index is 12.6. The minimum atomic E-state index is -0.204. The molecule has 0 spiro atoms. The fourth-order valence-corrected chi connectivity index (χ4v) is 3.20. The van der Waals surface area contributed by atoms with Gasteiger partial charge < -0.3 is 14.8 Å². The van der Waals surface area contributed by atoms with Crippen LogP contribution in [-0.4, -0.2) is 12.5 Å². The summed E-state index contributed by atoms with van der Waals surface area (Å²) in [5, 5.41) is 3.49. The standard InChI is InChI=1S/C22H19BrClNO3/c1-2-27-21-10-9-15(22(26)25-19-7-3-5-17(23)12-19)11-16(21)14-28-20-8-4-6-18(24)13-20/h3-13H,2,14H2,1H3,(H,25,26). The van der Waals surface area contributed by atoms with Gasteiger partial charge in [0.15, 0.2) is 0 Å². The summed E-state index contributed by atoms with van der Waals surface area (Å²) in [7, 11) is 0. The molecule has 3 rings (SSSR count). The van der Waals surface area contributed by atoms with E-state index in [1.54, 1.807) is 30.3 Å². The smallest absolute Gasteiger partial charge is 0.255 e. The number of carbonyl (C=O) groups excluding carboxylic acids is 1. The summed E-state index contributed by atoms with van der Waals surface area (Å²) in [6.07, 6.45) is 0. The summed E-state index contributed by atoms with van der Waals surface area (Å²) in [4.78, 5) is 12.6. The van der Waals surface area contributed by atoms with E-state index in [0.29, 0.717) is 34.4 Å². The van der Waals surface area contributed by atoms with Crippen LogP contribution in [0.5, 0.6) is 11.5 Å². The van der Waals surface area contributed by atoms with Crippen molar-refractivity contribution in [2.75, 3.05) is 11.9 Å². The van der Waals surface area contributed by atoms with Gasteiger partial charge in [-0.2, -0.15) is 0 Å². The van der Waals surface area contributed by atoms with E-state index in [0.717, 1.165) is 10.0 Å². The van der Waals surface area contributed by atoms with E-state index in [9.17, 15) is 4.79 Å². The van der Waals surface area contributed by atoms with Crippen molar-refractivity contribution in [2.45, 2.75) is 13.5 Å². The number of nitrogens with one attached hydrogen (secondary N) is 1. The first kappa shape index (κ1) is 20.2. The number of anilines is 1. The number of benzene rings is 3. The molecule has 6 heteroatoms. The normalized spacial score (nSPS) is 10.4. The zero-order valence-corrected chi connectivity index (χ0v) is 17.6. The van der Waals surface area contributed by atoms with Crippen molar-refractivity contribution in [3.05, 3.63) is 87.4 Å². The Balaban J connectivity index is 1.79. The third kappa shape index (κ3) is 5.50. The van der Waals surface area contributed by atoms with Crippen molar-refractivity contribution in [3.63, 3.8) is 0 Å². The van der Waals surface area contributed by atoms with Crippen LogP contribution < -0.4 is 14.8 Å². The number of rotatable bonds is 7. The van der Waals surface area contributed by atoms with Gasteiger partial charge in [-0.3, -0.25) is 4.79 Å². The Hall–Kier alpha value is -2.50. The molecule has 0 fully saturated rings. The number of carbonyl (C=O) groups is 1. The summed E-state index contributed by atoms with van der Waals surface area (Å²) < 4.78 is 12.4. The molecule has 0 atom stereocenters. The molecule has 4 nitrogen and oxygen atoms in total. The molecule has 0 aromatic heterocycles. The first-order valence-electron chi connectivity index (χ1n) is 8.76. The van der Waals surface area contributed by atoms with E-state index in [1.807, 2.05) is 43.3 Å². The predicted molar refractivity (Wildman–Crippen MR) is 115 cm³/mol. The van der Waals surface area contributed by atoms with Crippen LogP contribution in [0.25, 0.3) is 0 Å². The van der Waals surface area contributed by atoms with Crippen LogP contribution in [0.1, 0.15) is 22.8 Å². The number of halogens is 2. The lowest BCUT2D eigenvalue weighted by molar-refractivity contribution is 0.102. The van der Waals surface area contributed by atoms with Crippen molar-refractivity contribution in [1.29, 1.82) is 0 Å². The summed E-state index contributed by atoms with van der Waals surface area (Å²) in [5.74, 6) is 1.13. The van der Waals surface area contributed by atoms with Crippen molar-refractivity contribution in [1.82, 2.24) is 0 Å². The summed E-state index contributed by atoms with van der Waals surface area (Å²) in [6, 6.07) is 19.9. The molecule has 1 N–H and O–H groups in total. The molecule has 0 saturated carbocycles. The third-order valence-corrected chi connectivity index (χ3v) is 4.62. The maximum atomic E-state index is 12.6. The highest BCUT2D eigenvalue weighted by Crippen LogP contribution is 2.25. The van der Waals surface area contributed by atoms with E-state index < -0.39 is 0 Å². The molecule has 0 aliphatic carbocycles. The minimum absolute atomic E-state index is 0.204. The molecule has 0 heterocycles. The van der Waals surface area contributed by atoms with Gasteiger partial charge in [0, 0.05) is 26.3 Å². The average molecular weight is 461 g/mol. The van der Waals surface area contributed by atoms with Crippen molar-refractivity contribution in [2.24, 2.45) is 0 Å². The Morgan fingerprint density at radius 1 is 1.04 bits per heavy atom. The van der Waals surface area contributed by atoms with Crippen LogP contribution in [-0.2, 0) is 6.61 Å². The maximum Gasteiger partial charge on any atom is 0.255 e. The van der Waals surface area contributed by atoms with Crippen LogP contribution >= 0.6 is 27.5 Å². The fourth-order valence-electron chi connectivity index (χ4n) is 2.62. The minimum Gasteiger partial charge on any atom is -0.493 e. The van der Waals surface area contributed by atoms with Crippen molar-refractivity contribution >= 4 is 39.1 Å². The van der Waals surface area contributed by atoms with Gasteiger partial charge in [-0.15, -0.1) is 0 Å². The van der Waals surface area contributed by atoms with E-state index in [-0.39, 0.29) is 12.5 Å². The summed E-state index contributed by atoms with van der Waals surface area (Å²) >= 11 is 9.40. The lowest BCUT2D eigenvalue weighted by Gasteiger charge is -2.14. The predicted octanol–water partition coefficient (Wildman–Crippen LogP) is 6.33. The Morgan fingerprint density at radius 2 is 1.86 bits per heavy atom. The van der Waals surface area contributed by atoms with Gasteiger partial charge in [-0.05, 0) is 61.5 Å². The highest BCUT2D eigenvalue weighted by Gasteiger charge is 2.12. The quantitative estimate of drug-likeness (QED) is 0.448. The third-order valence-electron chi connectivity index (χ3n) is 3.90. The molecule has 0 aliphatic rings. The first-order valence-corrected chi connectivity index (χ1v) is 9.93. The second-order valence-corrected chi connectivity index (χ2v) is 7.32. The number of ether oxygens (including phenoxy) is 2. The van der Waals surface area contributed by atoms with Crippen LogP contribution in [0.3, 0.4) is 0 Å². The van der Waals surface area contributed by atoms with Crippen molar-refractivity contribution in [3.8, 4) is 11.5 Å². The number of hydrogen-bond donors (Lipinski definition) is 1. The fraction of sp³-hybridized carbons (Fsp3) is 0.136. The van der Waals surface area contributed by atoms with Gasteiger partial charge in [0.05, 0.1) is 6.61 Å². The monoisotopic (exact) mass is 459 g/mol. The molecule has 3 aromatic carbocycles. The summed E-state index contributed by atoms with van der Waals surface area (Å²) in [5.41, 5.74) is 2.02. The molecular weight excluding hydrogens is 442 g/mol. The topological polar surface area (TPSA) is 47.6 Å². The highest BCUT2D eigenvalue weighted by atomic mass is 79.9. The molecule has 0 radical (unpaired) electrons. The van der Waals surface area contributed by atoms with Gasteiger partial charge in [0.25, 0.3) is 5.91 Å².